The van der Waals surface area contributed by atoms with E-state index in [0.29, 0.717) is 74.3 Å². The molecule has 0 radical (unpaired) electrons. The summed E-state index contributed by atoms with van der Waals surface area (Å²) in [5.41, 5.74) is 6.25. The van der Waals surface area contributed by atoms with Gasteiger partial charge in [0.15, 0.2) is 11.2 Å². The summed E-state index contributed by atoms with van der Waals surface area (Å²) in [7, 11) is 1.51. The minimum Gasteiger partial charge on any atom is -0.497 e. The molecule has 4 rings (SSSR count). The number of nitrogens with two attached hydrogens (primary N) is 1. The van der Waals surface area contributed by atoms with Gasteiger partial charge >= 0.3 is 0 Å². The van der Waals surface area contributed by atoms with Gasteiger partial charge in [-0.25, -0.2) is 9.37 Å². The predicted octanol–water partition coefficient (Wildman–Crippen LogP) is 5.85. The number of carbonyl (C=O) groups excluding carboxylic acids is 1. The first kappa shape index (κ1) is 34.3. The lowest BCUT2D eigenvalue weighted by Gasteiger charge is -2.39. The molecule has 10 nitrogen and oxygen atoms in total. The van der Waals surface area contributed by atoms with Crippen LogP contribution in [0.25, 0.3) is 11.3 Å². The molecule has 2 heterocycles. The van der Waals surface area contributed by atoms with Crippen LogP contribution < -0.4 is 19.9 Å². The highest BCUT2D eigenvalue weighted by Gasteiger charge is 2.49. The van der Waals surface area contributed by atoms with E-state index in [1.54, 1.807) is 37.3 Å². The highest BCUT2D eigenvalue weighted by molar-refractivity contribution is 7.99. The molecule has 0 spiro atoms. The van der Waals surface area contributed by atoms with Crippen LogP contribution in [0.15, 0.2) is 42.5 Å². The zero-order valence-electron chi connectivity index (χ0n) is 26.5. The van der Waals surface area contributed by atoms with Crippen LogP contribution in [-0.2, 0) is 4.74 Å². The molecule has 3 atom stereocenters. The maximum Gasteiger partial charge on any atom is 0.258 e. The van der Waals surface area contributed by atoms with Crippen molar-refractivity contribution in [3.63, 3.8) is 0 Å². The Morgan fingerprint density at radius 2 is 1.96 bits per heavy atom. The number of likely N-dealkylation sites (tertiary alicyclic amines) is 1. The number of halogens is 1. The van der Waals surface area contributed by atoms with Crippen LogP contribution >= 0.6 is 11.8 Å². The van der Waals surface area contributed by atoms with Gasteiger partial charge in [-0.3, -0.25) is 4.79 Å². The Bertz CT molecular complexity index is 1440. The molecule has 1 aromatic heterocycles. The number of benzene rings is 2. The number of amides is 1. The van der Waals surface area contributed by atoms with Crippen LogP contribution in [0.2, 0.25) is 0 Å². The lowest BCUT2D eigenvalue weighted by molar-refractivity contribution is -0.128. The van der Waals surface area contributed by atoms with E-state index >= 15 is 0 Å². The third kappa shape index (κ3) is 8.36. The van der Waals surface area contributed by atoms with Gasteiger partial charge in [0.25, 0.3) is 5.91 Å². The third-order valence-electron chi connectivity index (χ3n) is 7.52. The molecule has 1 amide bonds. The molecule has 2 aromatic carbocycles. The van der Waals surface area contributed by atoms with E-state index in [0.717, 1.165) is 11.3 Å². The molecular weight excluding hydrogens is 599 g/mol. The smallest absolute Gasteiger partial charge is 0.258 e. The zero-order valence-corrected chi connectivity index (χ0v) is 27.4. The Morgan fingerprint density at radius 1 is 1.20 bits per heavy atom. The molecule has 244 valence electrons. The number of thioether (sulfide) groups is 1. The quantitative estimate of drug-likeness (QED) is 0.118. The number of methoxy groups -OCH3 is 1. The normalized spacial score (nSPS) is 17.6. The Labute approximate surface area is 268 Å². The molecule has 0 saturated carbocycles. The highest BCUT2D eigenvalue weighted by atomic mass is 32.2. The number of aromatic nitrogens is 2. The maximum absolute atomic E-state index is 13.8. The zero-order chi connectivity index (χ0) is 32.6. The van der Waals surface area contributed by atoms with Crippen molar-refractivity contribution in [2.24, 2.45) is 0 Å². The van der Waals surface area contributed by atoms with Crippen molar-refractivity contribution < 1.29 is 33.2 Å². The van der Waals surface area contributed by atoms with Crippen LogP contribution in [-0.4, -0.2) is 75.8 Å². The molecular formula is C33H43FN4O6S. The van der Waals surface area contributed by atoms with E-state index in [2.05, 4.69) is 9.97 Å². The van der Waals surface area contributed by atoms with Crippen molar-refractivity contribution in [3.8, 4) is 28.6 Å². The van der Waals surface area contributed by atoms with Gasteiger partial charge in [0.1, 0.15) is 23.1 Å². The number of nitrogens with zero attached hydrogens (tertiary/aromatic N) is 3. The van der Waals surface area contributed by atoms with Crippen molar-refractivity contribution in [2.45, 2.75) is 70.6 Å². The second-order valence-corrected chi connectivity index (χ2v) is 12.2. The largest absolute Gasteiger partial charge is 0.497 e. The summed E-state index contributed by atoms with van der Waals surface area (Å²) in [6.45, 7) is 8.69. The number of nitrogen functional groups attached to an aromatic ring is 1. The number of ether oxygens (including phenoxy) is 4. The minimum absolute atomic E-state index is 0.181. The second-order valence-electron chi connectivity index (χ2n) is 10.8. The lowest BCUT2D eigenvalue weighted by Crippen LogP contribution is -2.55. The van der Waals surface area contributed by atoms with Crippen LogP contribution in [0.3, 0.4) is 0 Å². The average molecular weight is 643 g/mol. The van der Waals surface area contributed by atoms with Crippen LogP contribution in [0.4, 0.5) is 10.1 Å². The van der Waals surface area contributed by atoms with Crippen LogP contribution in [0.1, 0.15) is 62.6 Å². The van der Waals surface area contributed by atoms with Gasteiger partial charge in [0.2, 0.25) is 5.88 Å². The van der Waals surface area contributed by atoms with Crippen LogP contribution in [0, 0.1) is 12.7 Å². The molecule has 1 aliphatic heterocycles. The molecule has 12 heteroatoms. The first-order chi connectivity index (χ1) is 21.6. The fraction of sp³-hybridized carbons (Fsp3) is 0.485. The minimum atomic E-state index is -1.46. The van der Waals surface area contributed by atoms with Gasteiger partial charge < -0.3 is 34.7 Å². The van der Waals surface area contributed by atoms with Gasteiger partial charge in [-0.2, -0.15) is 4.98 Å². The molecule has 45 heavy (non-hydrogen) atoms. The molecule has 3 aromatic rings. The number of aliphatic hydroxyl groups is 1. The van der Waals surface area contributed by atoms with Crippen LogP contribution in [0.5, 0.6) is 17.4 Å². The Balaban J connectivity index is 1.40. The number of rotatable bonds is 15. The number of aryl methyl sites for hydroxylation is 1. The fourth-order valence-corrected chi connectivity index (χ4v) is 6.36. The summed E-state index contributed by atoms with van der Waals surface area (Å²) in [5.74, 6) is 1.74. The molecule has 0 bridgehead atoms. The standard InChI is InChI=1S/C33H43FN4O6S/c1-6-42-32(45-7-2)33(40)15-9-16-38(33)31(39)26-18-25(41-5)19-28(30(26)35)43-17-8-10-21(3)44-29-20-27(36-22(4)37-29)23-11-13-24(34)14-12-23/h11-14,18-21,32,40H,6-10,15-17,35H2,1-5H3/t21-,32?,33+/m1/s1. The number of anilines is 1. The summed E-state index contributed by atoms with van der Waals surface area (Å²) < 4.78 is 36.8. The predicted molar refractivity (Wildman–Crippen MR) is 173 cm³/mol. The molecule has 1 aliphatic rings. The molecule has 3 N–H and O–H groups in total. The summed E-state index contributed by atoms with van der Waals surface area (Å²) in [5, 5.41) is 11.6. The monoisotopic (exact) mass is 642 g/mol. The van der Waals surface area contributed by atoms with E-state index in [-0.39, 0.29) is 23.2 Å². The van der Waals surface area contributed by atoms with Crippen molar-refractivity contribution in [2.75, 3.05) is 38.4 Å². The van der Waals surface area contributed by atoms with E-state index in [9.17, 15) is 14.3 Å². The van der Waals surface area contributed by atoms with Gasteiger partial charge in [-0.15, -0.1) is 11.8 Å². The summed E-state index contributed by atoms with van der Waals surface area (Å²) in [4.78, 5) is 24.1. The lowest BCUT2D eigenvalue weighted by atomic mass is 10.1. The Morgan fingerprint density at radius 3 is 2.64 bits per heavy atom. The van der Waals surface area contributed by atoms with Crippen molar-refractivity contribution in [1.82, 2.24) is 14.9 Å². The number of hydrogen-bond donors (Lipinski definition) is 2. The third-order valence-corrected chi connectivity index (χ3v) is 8.67. The molecule has 0 aliphatic carbocycles. The molecule has 1 fully saturated rings. The van der Waals surface area contributed by atoms with E-state index in [1.165, 1.54) is 35.9 Å². The number of carbonyl (C=O) groups is 1. The topological polar surface area (TPSA) is 129 Å². The summed E-state index contributed by atoms with van der Waals surface area (Å²) in [6.07, 6.45) is 2.15. The second kappa shape index (κ2) is 15.6. The first-order valence-corrected chi connectivity index (χ1v) is 16.3. The SMILES string of the molecule is CCOC(SCC)[C@@]1(O)CCCN1C(=O)c1cc(OC)cc(OCCC[C@@H](C)Oc2cc(-c3ccc(F)cc3)nc(C)n2)c1N. The van der Waals surface area contributed by atoms with Gasteiger partial charge in [-0.1, -0.05) is 6.92 Å². The summed E-state index contributed by atoms with van der Waals surface area (Å²) in [6, 6.07) is 11.1. The van der Waals surface area contributed by atoms with E-state index in [4.69, 9.17) is 24.7 Å². The number of hydrogen-bond acceptors (Lipinski definition) is 10. The Hall–Kier alpha value is -3.61. The van der Waals surface area contributed by atoms with Crippen molar-refractivity contribution in [1.29, 1.82) is 0 Å². The van der Waals surface area contributed by atoms with Gasteiger partial charge in [0.05, 0.1) is 36.8 Å². The molecule has 1 saturated heterocycles. The Kier molecular flexibility index (Phi) is 11.9. The average Bonchev–Trinajstić information content (AvgIpc) is 3.42. The maximum atomic E-state index is 13.8. The summed E-state index contributed by atoms with van der Waals surface area (Å²) >= 11 is 1.47. The highest BCUT2D eigenvalue weighted by Crippen LogP contribution is 2.40. The van der Waals surface area contributed by atoms with E-state index in [1.807, 2.05) is 20.8 Å². The van der Waals surface area contributed by atoms with E-state index < -0.39 is 17.1 Å². The van der Waals surface area contributed by atoms with Gasteiger partial charge in [-0.05, 0) is 76.1 Å². The fourth-order valence-electron chi connectivity index (χ4n) is 5.31. The van der Waals surface area contributed by atoms with Crippen molar-refractivity contribution >= 4 is 23.4 Å². The van der Waals surface area contributed by atoms with Crippen molar-refractivity contribution in [3.05, 3.63) is 59.7 Å². The van der Waals surface area contributed by atoms with Gasteiger partial charge in [0, 0.05) is 37.3 Å². The first-order valence-electron chi connectivity index (χ1n) is 15.3. The molecule has 1 unspecified atom stereocenters.